The van der Waals surface area contributed by atoms with Gasteiger partial charge in [0.2, 0.25) is 0 Å². The summed E-state index contributed by atoms with van der Waals surface area (Å²) in [5.41, 5.74) is 3.06. The van der Waals surface area contributed by atoms with E-state index in [0.29, 0.717) is 0 Å². The zero-order valence-electron chi connectivity index (χ0n) is 16.5. The van der Waals surface area contributed by atoms with Crippen molar-refractivity contribution in [2.24, 2.45) is 5.10 Å². The normalized spacial score (nSPS) is 22.1. The van der Waals surface area contributed by atoms with Gasteiger partial charge < -0.3 is 14.2 Å². The van der Waals surface area contributed by atoms with Crippen molar-refractivity contribution in [1.29, 1.82) is 0 Å². The summed E-state index contributed by atoms with van der Waals surface area (Å²) >= 11 is 0. The first-order valence-electron chi connectivity index (χ1n) is 10.1. The van der Waals surface area contributed by atoms with Crippen LogP contribution in [0.15, 0.2) is 47.6 Å². The zero-order chi connectivity index (χ0) is 19.1. The Kier molecular flexibility index (Phi) is 4.18. The lowest BCUT2D eigenvalue weighted by atomic mass is 9.86. The minimum absolute atomic E-state index is 0.189. The van der Waals surface area contributed by atoms with Gasteiger partial charge in [0.05, 0.1) is 26.0 Å². The molecule has 146 valence electrons. The van der Waals surface area contributed by atoms with E-state index in [1.54, 1.807) is 14.2 Å². The molecule has 5 heteroatoms. The Morgan fingerprint density at radius 3 is 2.50 bits per heavy atom. The molecule has 2 heterocycles. The number of methoxy groups -OCH3 is 2. The van der Waals surface area contributed by atoms with Crippen molar-refractivity contribution in [3.8, 4) is 17.2 Å². The SMILES string of the molecule is COc1ccc(C2=NN3[C@H](C2)c2cccc(OC)c2OC32CCCCC2)cc1. The fourth-order valence-electron chi connectivity index (χ4n) is 4.82. The summed E-state index contributed by atoms with van der Waals surface area (Å²) < 4.78 is 17.6. The summed E-state index contributed by atoms with van der Waals surface area (Å²) in [6.45, 7) is 0. The van der Waals surface area contributed by atoms with Crippen LogP contribution in [0.5, 0.6) is 17.2 Å². The lowest BCUT2D eigenvalue weighted by molar-refractivity contribution is -0.141. The van der Waals surface area contributed by atoms with E-state index < -0.39 is 0 Å². The molecule has 2 aromatic rings. The molecule has 0 N–H and O–H groups in total. The van der Waals surface area contributed by atoms with Crippen LogP contribution in [0.3, 0.4) is 0 Å². The van der Waals surface area contributed by atoms with E-state index in [2.05, 4.69) is 23.2 Å². The monoisotopic (exact) mass is 378 g/mol. The zero-order valence-corrected chi connectivity index (χ0v) is 16.5. The molecular formula is C23H26N2O3. The number of rotatable bonds is 3. The van der Waals surface area contributed by atoms with Crippen LogP contribution in [0.2, 0.25) is 0 Å². The number of fused-ring (bicyclic) bond motifs is 4. The first kappa shape index (κ1) is 17.4. The Labute approximate surface area is 165 Å². The predicted octanol–water partition coefficient (Wildman–Crippen LogP) is 4.91. The number of hydrazone groups is 1. The predicted molar refractivity (Wildman–Crippen MR) is 108 cm³/mol. The number of para-hydroxylation sites is 1. The van der Waals surface area contributed by atoms with Gasteiger partial charge in [0.15, 0.2) is 17.2 Å². The maximum atomic E-state index is 6.69. The fourth-order valence-corrected chi connectivity index (χ4v) is 4.82. The lowest BCUT2D eigenvalue weighted by Crippen LogP contribution is -2.54. The largest absolute Gasteiger partial charge is 0.497 e. The van der Waals surface area contributed by atoms with Crippen LogP contribution in [0.25, 0.3) is 0 Å². The fraction of sp³-hybridized carbons (Fsp3) is 0.435. The Morgan fingerprint density at radius 2 is 1.79 bits per heavy atom. The van der Waals surface area contributed by atoms with Crippen LogP contribution in [0.1, 0.15) is 55.7 Å². The van der Waals surface area contributed by atoms with E-state index in [9.17, 15) is 0 Å². The van der Waals surface area contributed by atoms with Crippen molar-refractivity contribution in [2.45, 2.75) is 50.3 Å². The van der Waals surface area contributed by atoms with Crippen molar-refractivity contribution in [3.05, 3.63) is 53.6 Å². The second kappa shape index (κ2) is 6.73. The highest BCUT2D eigenvalue weighted by molar-refractivity contribution is 6.02. The summed E-state index contributed by atoms with van der Waals surface area (Å²) in [6, 6.07) is 14.6. The summed E-state index contributed by atoms with van der Waals surface area (Å²) in [4.78, 5) is 0. The Balaban J connectivity index is 1.58. The summed E-state index contributed by atoms with van der Waals surface area (Å²) in [5, 5.41) is 7.37. The van der Waals surface area contributed by atoms with Gasteiger partial charge in [0.25, 0.3) is 0 Å². The van der Waals surface area contributed by atoms with Crippen LogP contribution in [-0.2, 0) is 0 Å². The van der Waals surface area contributed by atoms with Gasteiger partial charge in [-0.05, 0) is 48.7 Å². The average molecular weight is 378 g/mol. The molecule has 1 fully saturated rings. The molecule has 0 radical (unpaired) electrons. The van der Waals surface area contributed by atoms with Gasteiger partial charge in [-0.3, -0.25) is 0 Å². The molecule has 0 bridgehead atoms. The molecule has 0 saturated heterocycles. The Hall–Kier alpha value is -2.69. The van der Waals surface area contributed by atoms with E-state index in [0.717, 1.165) is 47.8 Å². The second-order valence-corrected chi connectivity index (χ2v) is 7.83. The van der Waals surface area contributed by atoms with Gasteiger partial charge in [0, 0.05) is 24.8 Å². The van der Waals surface area contributed by atoms with Gasteiger partial charge >= 0.3 is 0 Å². The van der Waals surface area contributed by atoms with Crippen molar-refractivity contribution in [3.63, 3.8) is 0 Å². The van der Waals surface area contributed by atoms with Gasteiger partial charge in [-0.25, -0.2) is 5.01 Å². The summed E-state index contributed by atoms with van der Waals surface area (Å²) in [5.74, 6) is 2.58. The van der Waals surface area contributed by atoms with E-state index in [-0.39, 0.29) is 11.8 Å². The molecule has 28 heavy (non-hydrogen) atoms. The topological polar surface area (TPSA) is 43.3 Å². The molecule has 2 aromatic carbocycles. The van der Waals surface area contributed by atoms with Gasteiger partial charge in [-0.1, -0.05) is 18.6 Å². The van der Waals surface area contributed by atoms with Crippen LogP contribution in [0.4, 0.5) is 0 Å². The van der Waals surface area contributed by atoms with Gasteiger partial charge in [-0.2, -0.15) is 5.10 Å². The number of nitrogens with zero attached hydrogens (tertiary/aromatic N) is 2. The quantitative estimate of drug-likeness (QED) is 0.761. The average Bonchev–Trinajstić information content (AvgIpc) is 3.21. The molecule has 0 unspecified atom stereocenters. The summed E-state index contributed by atoms with van der Waals surface area (Å²) in [7, 11) is 3.41. The van der Waals surface area contributed by atoms with Crippen molar-refractivity contribution >= 4 is 5.71 Å². The molecule has 5 rings (SSSR count). The third-order valence-electron chi connectivity index (χ3n) is 6.27. The molecule has 1 saturated carbocycles. The molecule has 1 aliphatic carbocycles. The highest BCUT2D eigenvalue weighted by Gasteiger charge is 2.51. The highest BCUT2D eigenvalue weighted by atomic mass is 16.5. The standard InChI is InChI=1S/C23H26N2O3/c1-26-17-11-9-16(10-12-17)19-15-20-18-7-6-8-21(27-2)22(18)28-23(25(20)24-19)13-4-3-5-14-23/h6-12,20H,3-5,13-15H2,1-2H3/t20-/m1/s1. The van der Waals surface area contributed by atoms with Crippen LogP contribution in [0, 0.1) is 0 Å². The molecule has 1 atom stereocenters. The van der Waals surface area contributed by atoms with Crippen molar-refractivity contribution < 1.29 is 14.2 Å². The molecule has 5 nitrogen and oxygen atoms in total. The summed E-state index contributed by atoms with van der Waals surface area (Å²) in [6.07, 6.45) is 6.47. The van der Waals surface area contributed by atoms with E-state index in [1.165, 1.54) is 24.8 Å². The molecule has 2 aliphatic heterocycles. The molecule has 0 amide bonds. The molecular weight excluding hydrogens is 352 g/mol. The van der Waals surface area contributed by atoms with Crippen LogP contribution in [-0.4, -0.2) is 30.7 Å². The highest BCUT2D eigenvalue weighted by Crippen LogP contribution is 2.53. The Bertz CT molecular complexity index is 901. The molecule has 0 aromatic heterocycles. The van der Waals surface area contributed by atoms with Gasteiger partial charge in [0.1, 0.15) is 5.75 Å². The van der Waals surface area contributed by atoms with Gasteiger partial charge in [-0.15, -0.1) is 0 Å². The number of benzene rings is 2. The number of hydrogen-bond donors (Lipinski definition) is 0. The maximum absolute atomic E-state index is 6.69. The minimum atomic E-state index is -0.362. The van der Waals surface area contributed by atoms with Crippen molar-refractivity contribution in [2.75, 3.05) is 14.2 Å². The van der Waals surface area contributed by atoms with E-state index in [4.69, 9.17) is 19.3 Å². The smallest absolute Gasteiger partial charge is 0.198 e. The number of hydrogen-bond acceptors (Lipinski definition) is 5. The van der Waals surface area contributed by atoms with E-state index >= 15 is 0 Å². The minimum Gasteiger partial charge on any atom is -0.497 e. The second-order valence-electron chi connectivity index (χ2n) is 7.83. The lowest BCUT2D eigenvalue weighted by Gasteiger charge is -2.49. The maximum Gasteiger partial charge on any atom is 0.198 e. The third-order valence-corrected chi connectivity index (χ3v) is 6.27. The number of ether oxygens (including phenoxy) is 3. The third kappa shape index (κ3) is 2.64. The van der Waals surface area contributed by atoms with Crippen LogP contribution >= 0.6 is 0 Å². The molecule has 1 spiro atoms. The first-order chi connectivity index (χ1) is 13.7. The van der Waals surface area contributed by atoms with E-state index in [1.807, 2.05) is 24.3 Å². The Morgan fingerprint density at radius 1 is 1.00 bits per heavy atom. The van der Waals surface area contributed by atoms with Crippen molar-refractivity contribution in [1.82, 2.24) is 5.01 Å². The molecule has 3 aliphatic rings. The van der Waals surface area contributed by atoms with Crippen LogP contribution < -0.4 is 14.2 Å². The first-order valence-corrected chi connectivity index (χ1v) is 10.1.